The van der Waals surface area contributed by atoms with Crippen molar-refractivity contribution in [2.75, 3.05) is 23.9 Å². The lowest BCUT2D eigenvalue weighted by atomic mass is 10.1. The Hall–Kier alpha value is -3.42. The van der Waals surface area contributed by atoms with E-state index in [1.54, 1.807) is 36.4 Å². The Morgan fingerprint density at radius 3 is 2.56 bits per heavy atom. The molecule has 0 saturated carbocycles. The Morgan fingerprint density at radius 1 is 1.16 bits per heavy atom. The van der Waals surface area contributed by atoms with E-state index in [-0.39, 0.29) is 22.8 Å². The van der Waals surface area contributed by atoms with Crippen molar-refractivity contribution in [3.63, 3.8) is 0 Å². The molecular formula is C17H16FN5O2. The van der Waals surface area contributed by atoms with Crippen LogP contribution in [0.25, 0.3) is 10.9 Å². The fourth-order valence-electron chi connectivity index (χ4n) is 2.44. The first kappa shape index (κ1) is 16.4. The molecule has 5 N–H and O–H groups in total. The summed E-state index contributed by atoms with van der Waals surface area (Å²) in [4.78, 5) is 19.2. The third-order valence-corrected chi connectivity index (χ3v) is 3.70. The predicted molar refractivity (Wildman–Crippen MR) is 93.4 cm³/mol. The number of halogens is 1. The van der Waals surface area contributed by atoms with Crippen LogP contribution in [0.5, 0.6) is 0 Å². The Labute approximate surface area is 142 Å². The van der Waals surface area contributed by atoms with Crippen LogP contribution >= 0.6 is 0 Å². The fraction of sp³-hybridized carbons (Fsp3) is 0.118. The summed E-state index contributed by atoms with van der Waals surface area (Å²) in [6.07, 6.45) is 0. The van der Waals surface area contributed by atoms with E-state index in [2.05, 4.69) is 20.0 Å². The standard InChI is InChI=1S/C17H16FN5O2/c1-25-16(24)10-4-2-9(3-5-10)8-21-12-7-6-11-13(14(12)18)15(19)23-17(20)22-11/h2-7,21H,8H2,1H3,(H4,19,20,22,23). The number of ether oxygens (including phenoxy) is 1. The van der Waals surface area contributed by atoms with Gasteiger partial charge in [0.1, 0.15) is 5.82 Å². The lowest BCUT2D eigenvalue weighted by molar-refractivity contribution is 0.0600. The summed E-state index contributed by atoms with van der Waals surface area (Å²) in [6.45, 7) is 0.361. The number of hydrogen-bond acceptors (Lipinski definition) is 7. The van der Waals surface area contributed by atoms with E-state index in [0.717, 1.165) is 5.56 Å². The number of rotatable bonds is 4. The van der Waals surface area contributed by atoms with Gasteiger partial charge < -0.3 is 21.5 Å². The summed E-state index contributed by atoms with van der Waals surface area (Å²) in [5, 5.41) is 3.12. The van der Waals surface area contributed by atoms with Gasteiger partial charge in [-0.05, 0) is 29.8 Å². The lowest BCUT2D eigenvalue weighted by Crippen LogP contribution is -2.06. The van der Waals surface area contributed by atoms with Gasteiger partial charge in [-0.3, -0.25) is 0 Å². The van der Waals surface area contributed by atoms with Gasteiger partial charge in [-0.25, -0.2) is 14.2 Å². The Balaban J connectivity index is 1.81. The third-order valence-electron chi connectivity index (χ3n) is 3.70. The zero-order valence-electron chi connectivity index (χ0n) is 13.4. The number of hydrogen-bond donors (Lipinski definition) is 3. The molecule has 0 fully saturated rings. The normalized spacial score (nSPS) is 10.6. The molecule has 0 aliphatic carbocycles. The van der Waals surface area contributed by atoms with E-state index in [1.165, 1.54) is 7.11 Å². The molecule has 3 rings (SSSR count). The van der Waals surface area contributed by atoms with E-state index in [4.69, 9.17) is 11.5 Å². The summed E-state index contributed by atoms with van der Waals surface area (Å²) in [7, 11) is 1.32. The first-order valence-electron chi connectivity index (χ1n) is 7.42. The molecule has 0 saturated heterocycles. The molecule has 0 unspecified atom stereocenters. The van der Waals surface area contributed by atoms with Crippen molar-refractivity contribution in [2.45, 2.75) is 6.54 Å². The summed E-state index contributed by atoms with van der Waals surface area (Å²) >= 11 is 0. The van der Waals surface area contributed by atoms with E-state index < -0.39 is 11.8 Å². The van der Waals surface area contributed by atoms with Crippen molar-refractivity contribution < 1.29 is 13.9 Å². The average molecular weight is 341 g/mol. The zero-order chi connectivity index (χ0) is 18.0. The topological polar surface area (TPSA) is 116 Å². The number of benzene rings is 2. The highest BCUT2D eigenvalue weighted by molar-refractivity contribution is 5.92. The molecule has 0 bridgehead atoms. The molecular weight excluding hydrogens is 325 g/mol. The van der Waals surface area contributed by atoms with Gasteiger partial charge in [0.05, 0.1) is 29.3 Å². The summed E-state index contributed by atoms with van der Waals surface area (Å²) in [6, 6.07) is 10.00. The van der Waals surface area contributed by atoms with Crippen molar-refractivity contribution >= 4 is 34.3 Å². The average Bonchev–Trinajstić information content (AvgIpc) is 2.60. The van der Waals surface area contributed by atoms with Crippen molar-refractivity contribution in [3.8, 4) is 0 Å². The minimum absolute atomic E-state index is 0.00388. The van der Waals surface area contributed by atoms with Crippen molar-refractivity contribution in [3.05, 3.63) is 53.3 Å². The number of methoxy groups -OCH3 is 1. The second-order valence-electron chi connectivity index (χ2n) is 5.33. The summed E-state index contributed by atoms with van der Waals surface area (Å²) < 4.78 is 19.3. The second kappa shape index (κ2) is 6.60. The number of nitrogen functional groups attached to an aromatic ring is 2. The van der Waals surface area contributed by atoms with Gasteiger partial charge in [0, 0.05) is 6.54 Å². The molecule has 8 heteroatoms. The van der Waals surface area contributed by atoms with Crippen LogP contribution in [-0.4, -0.2) is 23.0 Å². The van der Waals surface area contributed by atoms with Crippen LogP contribution in [0.15, 0.2) is 36.4 Å². The third kappa shape index (κ3) is 3.27. The van der Waals surface area contributed by atoms with Crippen LogP contribution < -0.4 is 16.8 Å². The van der Waals surface area contributed by atoms with Crippen LogP contribution in [0.4, 0.5) is 21.8 Å². The first-order chi connectivity index (χ1) is 12.0. The Morgan fingerprint density at radius 2 is 1.88 bits per heavy atom. The Kier molecular flexibility index (Phi) is 4.34. The minimum atomic E-state index is -0.541. The monoisotopic (exact) mass is 341 g/mol. The Bertz CT molecular complexity index is 944. The number of nitrogens with two attached hydrogens (primary N) is 2. The number of nitrogens with zero attached hydrogens (tertiary/aromatic N) is 2. The van der Waals surface area contributed by atoms with Crippen molar-refractivity contribution in [2.24, 2.45) is 0 Å². The van der Waals surface area contributed by atoms with Crippen LogP contribution in [0.1, 0.15) is 15.9 Å². The fourth-order valence-corrected chi connectivity index (χ4v) is 2.44. The van der Waals surface area contributed by atoms with Crippen molar-refractivity contribution in [1.82, 2.24) is 9.97 Å². The van der Waals surface area contributed by atoms with E-state index >= 15 is 0 Å². The summed E-state index contributed by atoms with van der Waals surface area (Å²) in [5.74, 6) is -0.960. The van der Waals surface area contributed by atoms with Gasteiger partial charge >= 0.3 is 5.97 Å². The number of carbonyl (C=O) groups is 1. The molecule has 0 spiro atoms. The number of nitrogens with one attached hydrogen (secondary N) is 1. The summed E-state index contributed by atoms with van der Waals surface area (Å²) in [5.41, 5.74) is 13.2. The molecule has 1 heterocycles. The maximum Gasteiger partial charge on any atom is 0.337 e. The van der Waals surface area contributed by atoms with Gasteiger partial charge in [0.25, 0.3) is 0 Å². The second-order valence-corrected chi connectivity index (χ2v) is 5.33. The van der Waals surface area contributed by atoms with Crippen LogP contribution in [-0.2, 0) is 11.3 Å². The lowest BCUT2D eigenvalue weighted by Gasteiger charge is -2.11. The maximum absolute atomic E-state index is 14.7. The van der Waals surface area contributed by atoms with E-state index in [0.29, 0.717) is 17.6 Å². The molecule has 7 nitrogen and oxygen atoms in total. The van der Waals surface area contributed by atoms with E-state index in [9.17, 15) is 9.18 Å². The molecule has 128 valence electrons. The molecule has 1 aromatic heterocycles. The molecule has 3 aromatic rings. The minimum Gasteiger partial charge on any atom is -0.465 e. The van der Waals surface area contributed by atoms with Gasteiger partial charge in [-0.15, -0.1) is 0 Å². The van der Waals surface area contributed by atoms with Gasteiger partial charge in [-0.2, -0.15) is 4.98 Å². The van der Waals surface area contributed by atoms with Gasteiger partial charge in [0.15, 0.2) is 5.82 Å². The SMILES string of the molecule is COC(=O)c1ccc(CNc2ccc3nc(N)nc(N)c3c2F)cc1. The molecule has 0 radical (unpaired) electrons. The largest absolute Gasteiger partial charge is 0.465 e. The van der Waals surface area contributed by atoms with Gasteiger partial charge in [0.2, 0.25) is 5.95 Å². The highest BCUT2D eigenvalue weighted by Crippen LogP contribution is 2.28. The number of fused-ring (bicyclic) bond motifs is 1. The first-order valence-corrected chi connectivity index (χ1v) is 7.42. The smallest absolute Gasteiger partial charge is 0.337 e. The molecule has 0 aliphatic heterocycles. The number of anilines is 3. The number of esters is 1. The van der Waals surface area contributed by atoms with Crippen LogP contribution in [0.3, 0.4) is 0 Å². The predicted octanol–water partition coefficient (Wildman–Crippen LogP) is 2.33. The molecule has 0 atom stereocenters. The molecule has 25 heavy (non-hydrogen) atoms. The number of carbonyl (C=O) groups excluding carboxylic acids is 1. The van der Waals surface area contributed by atoms with Crippen molar-refractivity contribution in [1.29, 1.82) is 0 Å². The highest BCUT2D eigenvalue weighted by atomic mass is 19.1. The maximum atomic E-state index is 14.7. The van der Waals surface area contributed by atoms with Gasteiger partial charge in [-0.1, -0.05) is 12.1 Å². The number of aromatic nitrogens is 2. The zero-order valence-corrected chi connectivity index (χ0v) is 13.4. The highest BCUT2D eigenvalue weighted by Gasteiger charge is 2.13. The van der Waals surface area contributed by atoms with Crippen LogP contribution in [0, 0.1) is 5.82 Å². The quantitative estimate of drug-likeness (QED) is 0.624. The molecule has 0 amide bonds. The molecule has 0 aliphatic rings. The van der Waals surface area contributed by atoms with Crippen LogP contribution in [0.2, 0.25) is 0 Å². The molecule has 2 aromatic carbocycles. The van der Waals surface area contributed by atoms with E-state index in [1.807, 2.05) is 0 Å².